The smallest absolute Gasteiger partial charge is 0.501 e. The first kappa shape index (κ1) is 31.0. The molecule has 9 nitrogen and oxygen atoms in total. The molecule has 0 fully saturated rings. The van der Waals surface area contributed by atoms with Gasteiger partial charge in [-0.1, -0.05) is 38.4 Å². The Kier molecular flexibility index (Phi) is 10.9. The van der Waals surface area contributed by atoms with Gasteiger partial charge in [-0.3, -0.25) is 4.79 Å². The number of rotatable bonds is 14. The minimum Gasteiger partial charge on any atom is -0.505 e. The first-order valence-electron chi connectivity index (χ1n) is 13.5. The molecule has 0 unspecified atom stereocenters. The molecule has 0 aliphatic heterocycles. The Morgan fingerprint density at radius 2 is 1.64 bits per heavy atom. The number of phenols is 1. The second kappa shape index (κ2) is 13.7. The lowest BCUT2D eigenvalue weighted by molar-refractivity contribution is -0.143. The molecule has 0 spiro atoms. The van der Waals surface area contributed by atoms with Crippen LogP contribution in [0.3, 0.4) is 0 Å². The molecule has 2 aromatic carbocycles. The van der Waals surface area contributed by atoms with Gasteiger partial charge in [0.1, 0.15) is 22.5 Å². The fourth-order valence-corrected chi connectivity index (χ4v) is 7.08. The molecule has 0 amide bonds. The van der Waals surface area contributed by atoms with E-state index in [9.17, 15) is 9.90 Å². The molecule has 1 heterocycles. The summed E-state index contributed by atoms with van der Waals surface area (Å²) >= 11 is 6.11. The minimum atomic E-state index is -2.76. The van der Waals surface area contributed by atoms with E-state index >= 15 is 0 Å². The lowest BCUT2D eigenvalue weighted by Crippen LogP contribution is -2.46. The molecule has 0 saturated heterocycles. The molecule has 0 radical (unpaired) electrons. The van der Waals surface area contributed by atoms with E-state index in [-0.39, 0.29) is 30.2 Å². The summed E-state index contributed by atoms with van der Waals surface area (Å²) in [6.45, 7) is 13.6. The number of aryl methyl sites for hydroxylation is 1. The number of ether oxygens (including phenoxy) is 1. The molecule has 0 bridgehead atoms. The summed E-state index contributed by atoms with van der Waals surface area (Å²) in [7, 11) is -2.76. The Hall–Kier alpha value is -2.50. The third-order valence-electron chi connectivity index (χ3n) is 6.12. The highest BCUT2D eigenvalue weighted by Crippen LogP contribution is 2.36. The van der Waals surface area contributed by atoms with Crippen molar-refractivity contribution in [1.29, 1.82) is 0 Å². The molecular formula is C28H40ClN3O6Si. The Morgan fingerprint density at radius 1 is 1.00 bits per heavy atom. The Labute approximate surface area is 236 Å². The molecule has 1 aromatic heterocycles. The molecule has 0 aliphatic rings. The maximum Gasteiger partial charge on any atom is 0.501 e. The van der Waals surface area contributed by atoms with E-state index in [4.69, 9.17) is 29.6 Å². The molecule has 11 heteroatoms. The van der Waals surface area contributed by atoms with E-state index < -0.39 is 8.80 Å². The maximum absolute atomic E-state index is 12.6. The summed E-state index contributed by atoms with van der Waals surface area (Å²) in [4.78, 5) is 14.0. The van der Waals surface area contributed by atoms with Crippen LogP contribution in [-0.2, 0) is 34.6 Å². The van der Waals surface area contributed by atoms with Crippen LogP contribution < -0.4 is 0 Å². The third kappa shape index (κ3) is 8.25. The lowest BCUT2D eigenvalue weighted by atomic mass is 9.84. The average Bonchev–Trinajstić information content (AvgIpc) is 3.28. The molecule has 0 aliphatic carbocycles. The van der Waals surface area contributed by atoms with E-state index in [1.165, 1.54) is 4.80 Å². The second-order valence-electron chi connectivity index (χ2n) is 10.2. The van der Waals surface area contributed by atoms with Gasteiger partial charge in [0.25, 0.3) is 0 Å². The topological polar surface area (TPSA) is 105 Å². The Balaban J connectivity index is 1.69. The standard InChI is InChI=1S/C28H40ClN3O6Si/c1-7-36-39(37-8-2,38-9-3)16-10-15-35-26(33)14-11-20-17-22(28(4,5)6)27(34)25(18-20)32-30-23-13-12-21(29)19-24(23)31-32/h12-13,17-19,34H,7-11,14-16H2,1-6H3. The number of hydrogen-bond donors (Lipinski definition) is 1. The minimum absolute atomic E-state index is 0.103. The van der Waals surface area contributed by atoms with Gasteiger partial charge in [-0.25, -0.2) is 0 Å². The van der Waals surface area contributed by atoms with Gasteiger partial charge in [0.15, 0.2) is 0 Å². The number of benzene rings is 2. The van der Waals surface area contributed by atoms with Crippen LogP contribution in [0.4, 0.5) is 0 Å². The van der Waals surface area contributed by atoms with Crippen molar-refractivity contribution < 1.29 is 27.9 Å². The molecule has 1 N–H and O–H groups in total. The van der Waals surface area contributed by atoms with Crippen molar-refractivity contribution in [3.8, 4) is 11.4 Å². The van der Waals surface area contributed by atoms with Gasteiger partial charge in [-0.05, 0) is 68.9 Å². The van der Waals surface area contributed by atoms with Gasteiger partial charge in [0.05, 0.1) is 6.61 Å². The SMILES string of the molecule is CCO[Si](CCCOC(=O)CCc1cc(-n2nc3ccc(Cl)cc3n2)c(O)c(C(C)(C)C)c1)(OCC)OCC. The normalized spacial score (nSPS) is 12.3. The highest BCUT2D eigenvalue weighted by atomic mass is 35.5. The summed E-state index contributed by atoms with van der Waals surface area (Å²) in [5.74, 6) is -0.193. The van der Waals surface area contributed by atoms with Crippen molar-refractivity contribution >= 4 is 37.4 Å². The van der Waals surface area contributed by atoms with E-state index in [1.54, 1.807) is 18.2 Å². The second-order valence-corrected chi connectivity index (χ2v) is 13.4. The summed E-state index contributed by atoms with van der Waals surface area (Å²) in [5, 5.41) is 20.7. The van der Waals surface area contributed by atoms with Gasteiger partial charge >= 0.3 is 14.8 Å². The van der Waals surface area contributed by atoms with Gasteiger partial charge in [-0.15, -0.1) is 15.0 Å². The van der Waals surface area contributed by atoms with Gasteiger partial charge < -0.3 is 23.1 Å². The summed E-state index contributed by atoms with van der Waals surface area (Å²) in [6.07, 6.45) is 1.23. The zero-order valence-electron chi connectivity index (χ0n) is 23.8. The van der Waals surface area contributed by atoms with Crippen molar-refractivity contribution in [2.75, 3.05) is 26.4 Å². The lowest BCUT2D eigenvalue weighted by Gasteiger charge is -2.28. The quantitative estimate of drug-likeness (QED) is 0.141. The van der Waals surface area contributed by atoms with Crippen LogP contribution in [0.1, 0.15) is 65.5 Å². The van der Waals surface area contributed by atoms with Crippen LogP contribution in [-0.4, -0.2) is 61.3 Å². The number of halogens is 1. The first-order valence-corrected chi connectivity index (χ1v) is 15.8. The number of fused-ring (bicyclic) bond motifs is 1. The molecule has 3 rings (SSSR count). The van der Waals surface area contributed by atoms with Crippen molar-refractivity contribution in [2.45, 2.75) is 72.3 Å². The monoisotopic (exact) mass is 577 g/mol. The molecule has 0 saturated carbocycles. The molecule has 214 valence electrons. The summed E-state index contributed by atoms with van der Waals surface area (Å²) < 4.78 is 23.1. The number of aromatic hydroxyl groups is 1. The predicted molar refractivity (Wildman–Crippen MR) is 154 cm³/mol. The molecular weight excluding hydrogens is 538 g/mol. The maximum atomic E-state index is 12.6. The van der Waals surface area contributed by atoms with Crippen LogP contribution in [0.2, 0.25) is 11.1 Å². The zero-order chi connectivity index (χ0) is 28.6. The number of nitrogens with zero attached hydrogens (tertiary/aromatic N) is 3. The Morgan fingerprint density at radius 3 is 2.26 bits per heavy atom. The van der Waals surface area contributed by atoms with Gasteiger partial charge in [0.2, 0.25) is 0 Å². The van der Waals surface area contributed by atoms with Crippen LogP contribution >= 0.6 is 11.6 Å². The fraction of sp³-hybridized carbons (Fsp3) is 0.536. The van der Waals surface area contributed by atoms with E-state index in [1.807, 2.05) is 53.7 Å². The number of carbonyl (C=O) groups excluding carboxylic acids is 1. The predicted octanol–water partition coefficient (Wildman–Crippen LogP) is 5.99. The van der Waals surface area contributed by atoms with E-state index in [0.29, 0.717) is 60.4 Å². The molecule has 39 heavy (non-hydrogen) atoms. The van der Waals surface area contributed by atoms with Gasteiger partial charge in [0, 0.05) is 42.9 Å². The van der Waals surface area contributed by atoms with Crippen molar-refractivity contribution in [3.63, 3.8) is 0 Å². The van der Waals surface area contributed by atoms with Crippen LogP contribution in [0, 0.1) is 0 Å². The molecule has 3 aromatic rings. The highest BCUT2D eigenvalue weighted by molar-refractivity contribution is 6.60. The zero-order valence-corrected chi connectivity index (χ0v) is 25.5. The Bertz CT molecular complexity index is 1240. The number of phenolic OH excluding ortho intramolecular Hbond substituents is 1. The van der Waals surface area contributed by atoms with Crippen molar-refractivity contribution in [3.05, 3.63) is 46.5 Å². The van der Waals surface area contributed by atoms with Crippen LogP contribution in [0.25, 0.3) is 16.7 Å². The van der Waals surface area contributed by atoms with E-state index in [0.717, 1.165) is 11.1 Å². The number of carbonyl (C=O) groups is 1. The van der Waals surface area contributed by atoms with Gasteiger partial charge in [-0.2, -0.15) is 0 Å². The van der Waals surface area contributed by atoms with Crippen LogP contribution in [0.5, 0.6) is 5.75 Å². The first-order chi connectivity index (χ1) is 18.5. The largest absolute Gasteiger partial charge is 0.505 e. The number of aromatic nitrogens is 3. The average molecular weight is 578 g/mol. The van der Waals surface area contributed by atoms with Crippen molar-refractivity contribution in [2.24, 2.45) is 0 Å². The molecule has 0 atom stereocenters. The third-order valence-corrected chi connectivity index (χ3v) is 9.50. The summed E-state index contributed by atoms with van der Waals surface area (Å²) in [6, 6.07) is 9.58. The highest BCUT2D eigenvalue weighted by Gasteiger charge is 2.39. The van der Waals surface area contributed by atoms with Crippen LogP contribution in [0.15, 0.2) is 30.3 Å². The number of hydrogen-bond acceptors (Lipinski definition) is 8. The van der Waals surface area contributed by atoms with E-state index in [2.05, 4.69) is 10.2 Å². The van der Waals surface area contributed by atoms with Crippen molar-refractivity contribution in [1.82, 2.24) is 15.0 Å². The fourth-order valence-electron chi connectivity index (χ4n) is 4.34. The number of esters is 1. The summed E-state index contributed by atoms with van der Waals surface area (Å²) in [5.41, 5.74) is 3.01.